The molecule has 0 radical (unpaired) electrons. The van der Waals surface area contributed by atoms with Gasteiger partial charge >= 0.3 is 0 Å². The topological polar surface area (TPSA) is 72.2 Å². The second kappa shape index (κ2) is 7.40. The summed E-state index contributed by atoms with van der Waals surface area (Å²) in [6.45, 7) is 4.79. The van der Waals surface area contributed by atoms with Crippen molar-refractivity contribution in [1.82, 2.24) is 5.32 Å². The van der Waals surface area contributed by atoms with Crippen molar-refractivity contribution in [3.63, 3.8) is 0 Å². The molecule has 2 atom stereocenters. The maximum absolute atomic E-state index is 11.1. The van der Waals surface area contributed by atoms with E-state index in [9.17, 15) is 9.00 Å². The van der Waals surface area contributed by atoms with Gasteiger partial charge in [0.25, 0.3) is 0 Å². The first-order chi connectivity index (χ1) is 8.90. The predicted octanol–water partition coefficient (Wildman–Crippen LogP) is 1.34. The molecule has 0 aliphatic rings. The van der Waals surface area contributed by atoms with Crippen LogP contribution >= 0.6 is 0 Å². The Morgan fingerprint density at radius 2 is 2.16 bits per heavy atom. The highest BCUT2D eigenvalue weighted by molar-refractivity contribution is 7.84. The van der Waals surface area contributed by atoms with Gasteiger partial charge in [-0.25, -0.2) is 0 Å². The van der Waals surface area contributed by atoms with Crippen molar-refractivity contribution in [2.45, 2.75) is 32.9 Å². The van der Waals surface area contributed by atoms with Crippen molar-refractivity contribution in [2.75, 3.05) is 12.0 Å². The number of benzene rings is 1. The first kappa shape index (κ1) is 15.9. The highest BCUT2D eigenvalue weighted by Crippen LogP contribution is 2.11. The van der Waals surface area contributed by atoms with Crippen LogP contribution in [-0.2, 0) is 17.3 Å². The molecule has 106 valence electrons. The van der Waals surface area contributed by atoms with Crippen LogP contribution in [0.2, 0.25) is 0 Å². The number of primary amides is 1. The Balaban J connectivity index is 2.53. The Morgan fingerprint density at radius 1 is 1.47 bits per heavy atom. The molecule has 3 N–H and O–H groups in total. The zero-order valence-electron chi connectivity index (χ0n) is 11.7. The molecule has 2 unspecified atom stereocenters. The van der Waals surface area contributed by atoms with Crippen LogP contribution in [-0.4, -0.2) is 28.2 Å². The minimum Gasteiger partial charge on any atom is -0.366 e. The zero-order valence-corrected chi connectivity index (χ0v) is 12.5. The van der Waals surface area contributed by atoms with Crippen LogP contribution in [0.3, 0.4) is 0 Å². The van der Waals surface area contributed by atoms with Gasteiger partial charge in [0.05, 0.1) is 0 Å². The van der Waals surface area contributed by atoms with Crippen LogP contribution in [0.4, 0.5) is 0 Å². The number of rotatable bonds is 7. The summed E-state index contributed by atoms with van der Waals surface area (Å²) in [6.07, 6.45) is 2.61. The highest BCUT2D eigenvalue weighted by Gasteiger charge is 2.06. The van der Waals surface area contributed by atoms with Crippen molar-refractivity contribution in [2.24, 2.45) is 5.73 Å². The number of aryl methyl sites for hydroxylation is 1. The number of carbonyl (C=O) groups is 1. The number of hydrogen-bond acceptors (Lipinski definition) is 3. The average molecular weight is 282 g/mol. The summed E-state index contributed by atoms with van der Waals surface area (Å²) in [4.78, 5) is 11.1. The number of carbonyl (C=O) groups excluding carboxylic acids is 1. The summed E-state index contributed by atoms with van der Waals surface area (Å²) in [5.41, 5.74) is 7.98. The largest absolute Gasteiger partial charge is 0.366 e. The summed E-state index contributed by atoms with van der Waals surface area (Å²) >= 11 is 0. The lowest BCUT2D eigenvalue weighted by Crippen LogP contribution is -2.27. The van der Waals surface area contributed by atoms with Crippen molar-refractivity contribution >= 4 is 16.7 Å². The van der Waals surface area contributed by atoms with Gasteiger partial charge in [0.15, 0.2) is 0 Å². The van der Waals surface area contributed by atoms with Gasteiger partial charge in [0, 0.05) is 41.0 Å². The minimum atomic E-state index is -0.738. The van der Waals surface area contributed by atoms with Crippen LogP contribution in [0.5, 0.6) is 0 Å². The first-order valence-electron chi connectivity index (χ1n) is 6.33. The molecular weight excluding hydrogens is 260 g/mol. The van der Waals surface area contributed by atoms with Crippen molar-refractivity contribution in [3.8, 4) is 0 Å². The minimum absolute atomic E-state index is 0.319. The number of nitrogens with one attached hydrogen (secondary N) is 1. The summed E-state index contributed by atoms with van der Waals surface area (Å²) in [5.74, 6) is 0.315. The second-order valence-electron chi connectivity index (χ2n) is 4.85. The van der Waals surface area contributed by atoms with Crippen LogP contribution in [0, 0.1) is 6.92 Å². The lowest BCUT2D eigenvalue weighted by Gasteiger charge is -2.14. The Hall–Kier alpha value is -1.20. The van der Waals surface area contributed by atoms with E-state index < -0.39 is 16.7 Å². The molecule has 1 amide bonds. The summed E-state index contributed by atoms with van der Waals surface area (Å²) in [6, 6.07) is 5.80. The molecule has 1 aromatic rings. The lowest BCUT2D eigenvalue weighted by molar-refractivity contribution is 0.1000. The van der Waals surface area contributed by atoms with Gasteiger partial charge in [-0.05, 0) is 43.5 Å². The Labute approximate surface area is 117 Å². The van der Waals surface area contributed by atoms with Gasteiger partial charge in [-0.2, -0.15) is 0 Å². The van der Waals surface area contributed by atoms with E-state index in [1.54, 1.807) is 12.3 Å². The molecular formula is C14H22N2O2S. The SMILES string of the molecule is Cc1cc(C(N)=O)ccc1CNC(C)CCS(C)=O. The van der Waals surface area contributed by atoms with E-state index in [2.05, 4.69) is 12.2 Å². The standard InChI is InChI=1S/C14H22N2O2S/c1-10-8-12(14(15)17)4-5-13(10)9-16-11(2)6-7-19(3)18/h4-5,8,11,16H,6-7,9H2,1-3H3,(H2,15,17). The molecule has 0 fully saturated rings. The summed E-state index contributed by atoms with van der Waals surface area (Å²) in [5, 5.41) is 3.39. The van der Waals surface area contributed by atoms with E-state index in [0.717, 1.165) is 24.1 Å². The quantitative estimate of drug-likeness (QED) is 0.792. The molecule has 4 nitrogen and oxygen atoms in total. The number of nitrogens with two attached hydrogens (primary N) is 1. The molecule has 1 rings (SSSR count). The van der Waals surface area contributed by atoms with E-state index >= 15 is 0 Å². The Bertz CT molecular complexity index is 475. The molecule has 0 bridgehead atoms. The zero-order chi connectivity index (χ0) is 14.4. The van der Waals surface area contributed by atoms with Gasteiger partial charge < -0.3 is 11.1 Å². The predicted molar refractivity (Wildman–Crippen MR) is 79.5 cm³/mol. The molecule has 19 heavy (non-hydrogen) atoms. The Morgan fingerprint density at radius 3 is 2.68 bits per heavy atom. The van der Waals surface area contributed by atoms with E-state index in [0.29, 0.717) is 17.4 Å². The number of hydrogen-bond donors (Lipinski definition) is 2. The van der Waals surface area contributed by atoms with Crippen molar-refractivity contribution in [3.05, 3.63) is 34.9 Å². The van der Waals surface area contributed by atoms with Gasteiger partial charge in [-0.15, -0.1) is 0 Å². The van der Waals surface area contributed by atoms with E-state index in [4.69, 9.17) is 5.73 Å². The third-order valence-electron chi connectivity index (χ3n) is 3.11. The smallest absolute Gasteiger partial charge is 0.248 e. The molecule has 0 heterocycles. The lowest BCUT2D eigenvalue weighted by atomic mass is 10.0. The average Bonchev–Trinajstić information content (AvgIpc) is 2.34. The van der Waals surface area contributed by atoms with Crippen LogP contribution < -0.4 is 11.1 Å². The normalized spacial score (nSPS) is 14.1. The maximum Gasteiger partial charge on any atom is 0.248 e. The van der Waals surface area contributed by atoms with E-state index in [1.807, 2.05) is 19.1 Å². The van der Waals surface area contributed by atoms with Crippen molar-refractivity contribution < 1.29 is 9.00 Å². The van der Waals surface area contributed by atoms with Gasteiger partial charge in [0.2, 0.25) is 5.91 Å². The van der Waals surface area contributed by atoms with Gasteiger partial charge in [-0.3, -0.25) is 9.00 Å². The Kier molecular flexibility index (Phi) is 6.18. The van der Waals surface area contributed by atoms with Gasteiger partial charge in [0.1, 0.15) is 0 Å². The van der Waals surface area contributed by atoms with Crippen LogP contribution in [0.1, 0.15) is 34.8 Å². The first-order valence-corrected chi connectivity index (χ1v) is 8.05. The maximum atomic E-state index is 11.1. The number of amides is 1. The molecule has 0 saturated carbocycles. The van der Waals surface area contributed by atoms with Gasteiger partial charge in [-0.1, -0.05) is 6.07 Å². The van der Waals surface area contributed by atoms with Crippen LogP contribution in [0.25, 0.3) is 0 Å². The van der Waals surface area contributed by atoms with Crippen molar-refractivity contribution in [1.29, 1.82) is 0 Å². The highest BCUT2D eigenvalue weighted by atomic mass is 32.2. The molecule has 5 heteroatoms. The molecule has 1 aromatic carbocycles. The molecule has 0 saturated heterocycles. The summed E-state index contributed by atoms with van der Waals surface area (Å²) in [7, 11) is -0.738. The van der Waals surface area contributed by atoms with E-state index in [-0.39, 0.29) is 0 Å². The second-order valence-corrected chi connectivity index (χ2v) is 6.41. The monoisotopic (exact) mass is 282 g/mol. The molecule has 0 aromatic heterocycles. The fraction of sp³-hybridized carbons (Fsp3) is 0.500. The molecule has 0 aliphatic heterocycles. The fourth-order valence-corrected chi connectivity index (χ4v) is 2.46. The summed E-state index contributed by atoms with van der Waals surface area (Å²) < 4.78 is 11.0. The van der Waals surface area contributed by atoms with Crippen LogP contribution in [0.15, 0.2) is 18.2 Å². The third kappa shape index (κ3) is 5.53. The molecule has 0 spiro atoms. The fourth-order valence-electron chi connectivity index (χ4n) is 1.78. The van der Waals surface area contributed by atoms with E-state index in [1.165, 1.54) is 0 Å². The molecule has 0 aliphatic carbocycles. The third-order valence-corrected chi connectivity index (χ3v) is 3.92.